The summed E-state index contributed by atoms with van der Waals surface area (Å²) in [5.74, 6) is -0.0335. The van der Waals surface area contributed by atoms with Crippen molar-refractivity contribution in [3.05, 3.63) is 70.8 Å². The molecular weight excluding hydrogens is 615 g/mol. The van der Waals surface area contributed by atoms with Gasteiger partial charge in [-0.2, -0.15) is 0 Å². The molecule has 0 aliphatic heterocycles. The number of rotatable bonds is 4. The molecule has 2 aromatic rings. The number of carbonyl (C=O) groups is 2. The van der Waals surface area contributed by atoms with E-state index < -0.39 is 23.5 Å². The van der Waals surface area contributed by atoms with Gasteiger partial charge in [0.2, 0.25) is 0 Å². The van der Waals surface area contributed by atoms with Crippen molar-refractivity contribution in [2.75, 3.05) is 14.1 Å². The number of hydrogen-bond donors (Lipinski definition) is 0. The Labute approximate surface area is 182 Å². The minimum atomic E-state index is -1.74. The van der Waals surface area contributed by atoms with E-state index in [-0.39, 0.29) is 45.8 Å². The van der Waals surface area contributed by atoms with Crippen LogP contribution in [0.4, 0.5) is 0 Å². The fourth-order valence-electron chi connectivity index (χ4n) is 2.10. The topological polar surface area (TPSA) is 40.6 Å². The molecule has 0 atom stereocenters. The van der Waals surface area contributed by atoms with E-state index in [1.807, 2.05) is 62.4 Å². The molecule has 0 heterocycles. The minimum Gasteiger partial charge on any atom is -1.00 e. The van der Waals surface area contributed by atoms with Crippen molar-refractivity contribution in [1.82, 2.24) is 5.78 Å². The molecule has 0 aliphatic rings. The number of amides is 2. The van der Waals surface area contributed by atoms with Gasteiger partial charge in [0.1, 0.15) is 0 Å². The van der Waals surface area contributed by atoms with Gasteiger partial charge in [0.15, 0.2) is 0 Å². The molecule has 2 aromatic carbocycles. The van der Waals surface area contributed by atoms with E-state index in [2.05, 4.69) is 0 Å². The van der Waals surface area contributed by atoms with Crippen LogP contribution >= 0.6 is 0 Å². The Balaban J connectivity index is 0.00000288. The van der Waals surface area contributed by atoms with E-state index in [4.69, 9.17) is 0 Å². The molecule has 0 saturated heterocycles. The fraction of sp³-hybridized carbons (Fsp3) is 0.222. The van der Waals surface area contributed by atoms with Crippen molar-refractivity contribution < 1.29 is 67.0 Å². The number of halogens is 2. The van der Waals surface area contributed by atoms with Crippen LogP contribution in [0.1, 0.15) is 31.8 Å². The summed E-state index contributed by atoms with van der Waals surface area (Å²) < 4.78 is 3.47. The Morgan fingerprint density at radius 2 is 0.960 bits per heavy atom. The zero-order valence-electron chi connectivity index (χ0n) is 14.6. The maximum atomic E-state index is 12.4. The summed E-state index contributed by atoms with van der Waals surface area (Å²) in [6.45, 7) is 3.98. The van der Waals surface area contributed by atoms with Crippen LogP contribution in [-0.4, -0.2) is 31.7 Å². The zero-order chi connectivity index (χ0) is 17.0. The van der Waals surface area contributed by atoms with Gasteiger partial charge in [0, 0.05) is 0 Å². The predicted octanol–water partition coefficient (Wildman–Crippen LogP) is -2.93. The Hall–Kier alpha value is -0.790. The molecule has 0 aromatic heterocycles. The molecule has 0 spiro atoms. The zero-order valence-corrected chi connectivity index (χ0v) is 21.4. The summed E-state index contributed by atoms with van der Waals surface area (Å²) in [5, 5.41) is 0. The van der Waals surface area contributed by atoms with Gasteiger partial charge in [0.25, 0.3) is 0 Å². The molecular formula is C18H20Br2HfN2O2. The summed E-state index contributed by atoms with van der Waals surface area (Å²) in [4.78, 5) is 24.9. The van der Waals surface area contributed by atoms with Crippen molar-refractivity contribution >= 4 is 11.8 Å². The summed E-state index contributed by atoms with van der Waals surface area (Å²) in [7, 11) is 3.56. The Bertz CT molecular complexity index is 645. The summed E-state index contributed by atoms with van der Waals surface area (Å²) in [6.07, 6.45) is 0. The van der Waals surface area contributed by atoms with Gasteiger partial charge in [-0.15, -0.1) is 0 Å². The molecule has 0 N–H and O–H groups in total. The normalized spacial score (nSPS) is 9.12. The van der Waals surface area contributed by atoms with Gasteiger partial charge >= 0.3 is 149 Å². The SMILES string of the molecule is Cc1ccc(C(=O)[N](C)[Hf+2][N](C)C(=O)c2ccc(C)cc2)cc1.[Br-].[Br-]. The largest absolute Gasteiger partial charge is 1.00 e. The monoisotopic (exact) mass is 634 g/mol. The van der Waals surface area contributed by atoms with Crippen LogP contribution in [0.3, 0.4) is 0 Å². The van der Waals surface area contributed by atoms with Gasteiger partial charge in [-0.1, -0.05) is 0 Å². The molecule has 4 nitrogen and oxygen atoms in total. The van der Waals surface area contributed by atoms with Crippen molar-refractivity contribution in [1.29, 1.82) is 0 Å². The summed E-state index contributed by atoms with van der Waals surface area (Å²) >= 11 is -1.74. The van der Waals surface area contributed by atoms with Gasteiger partial charge in [-0.3, -0.25) is 0 Å². The second-order valence-electron chi connectivity index (χ2n) is 5.56. The molecule has 7 heteroatoms. The number of aryl methyl sites for hydroxylation is 2. The fourth-order valence-corrected chi connectivity index (χ4v) is 5.29. The quantitative estimate of drug-likeness (QED) is 0.339. The maximum Gasteiger partial charge on any atom is -1.00 e. The molecule has 0 aliphatic carbocycles. The second kappa shape index (κ2) is 11.0. The number of hydrogen-bond acceptors (Lipinski definition) is 2. The van der Waals surface area contributed by atoms with Crippen molar-refractivity contribution in [2.24, 2.45) is 0 Å². The van der Waals surface area contributed by atoms with Crippen LogP contribution < -0.4 is 34.0 Å². The third-order valence-electron chi connectivity index (χ3n) is 3.51. The standard InChI is InChI=1S/2C9H11NO.2BrH.Hf/c2*1-7-3-5-8(6-4-7)9(11)10-2;;;/h2*3-6H,1-2H3,(H,10,11);2*1H;/q;;;;+4/p-4. The first kappa shape index (κ1) is 24.2. The molecule has 132 valence electrons. The molecule has 0 saturated carbocycles. The average molecular weight is 635 g/mol. The summed E-state index contributed by atoms with van der Waals surface area (Å²) in [6, 6.07) is 15.0. The smallest absolute Gasteiger partial charge is 1.00 e. The van der Waals surface area contributed by atoms with E-state index in [1.54, 1.807) is 19.9 Å². The molecule has 0 bridgehead atoms. The molecule has 2 rings (SSSR count). The molecule has 0 fully saturated rings. The number of carbonyl (C=O) groups excluding carboxylic acids is 2. The van der Waals surface area contributed by atoms with E-state index in [0.717, 1.165) is 11.1 Å². The van der Waals surface area contributed by atoms with E-state index >= 15 is 0 Å². The van der Waals surface area contributed by atoms with E-state index in [1.165, 1.54) is 0 Å². The first-order valence-electron chi connectivity index (χ1n) is 7.34. The first-order valence-corrected chi connectivity index (χ1v) is 10.6. The van der Waals surface area contributed by atoms with Gasteiger partial charge in [-0.25, -0.2) is 0 Å². The van der Waals surface area contributed by atoms with Crippen LogP contribution in [0.25, 0.3) is 0 Å². The second-order valence-corrected chi connectivity index (χ2v) is 11.1. The Kier molecular flexibility index (Phi) is 10.7. The van der Waals surface area contributed by atoms with Crippen LogP contribution in [0.2, 0.25) is 0 Å². The third kappa shape index (κ3) is 6.79. The van der Waals surface area contributed by atoms with Crippen molar-refractivity contribution in [3.63, 3.8) is 0 Å². The van der Waals surface area contributed by atoms with Gasteiger partial charge in [-0.05, 0) is 0 Å². The van der Waals surface area contributed by atoms with E-state index in [0.29, 0.717) is 11.1 Å². The third-order valence-corrected chi connectivity index (χ3v) is 7.12. The van der Waals surface area contributed by atoms with Crippen molar-refractivity contribution in [3.8, 4) is 0 Å². The van der Waals surface area contributed by atoms with Crippen LogP contribution in [0.5, 0.6) is 0 Å². The Morgan fingerprint density at radius 1 is 0.680 bits per heavy atom. The van der Waals surface area contributed by atoms with Gasteiger partial charge < -0.3 is 34.0 Å². The maximum absolute atomic E-state index is 12.4. The average Bonchev–Trinajstić information content (AvgIpc) is 2.54. The number of benzene rings is 2. The molecule has 2 amide bonds. The first-order chi connectivity index (χ1) is 10.9. The van der Waals surface area contributed by atoms with Crippen LogP contribution in [0.15, 0.2) is 48.5 Å². The Morgan fingerprint density at radius 3 is 1.24 bits per heavy atom. The van der Waals surface area contributed by atoms with E-state index in [9.17, 15) is 9.59 Å². The molecule has 0 unspecified atom stereocenters. The minimum absolute atomic E-state index is 0. The van der Waals surface area contributed by atoms with Crippen LogP contribution in [-0.2, 0) is 23.5 Å². The predicted molar refractivity (Wildman–Crippen MR) is 86.5 cm³/mol. The van der Waals surface area contributed by atoms with Gasteiger partial charge in [0.05, 0.1) is 0 Å². The molecule has 0 radical (unpaired) electrons. The van der Waals surface area contributed by atoms with Crippen LogP contribution in [0, 0.1) is 13.8 Å². The molecule has 25 heavy (non-hydrogen) atoms. The van der Waals surface area contributed by atoms with Crippen molar-refractivity contribution in [2.45, 2.75) is 13.8 Å². The summed E-state index contributed by atoms with van der Waals surface area (Å²) in [5.41, 5.74) is 3.58. The number of nitrogens with zero attached hydrogens (tertiary/aromatic N) is 2.